The van der Waals surface area contributed by atoms with Crippen LogP contribution in [-0.4, -0.2) is 44.9 Å². The number of para-hydroxylation sites is 1. The van der Waals surface area contributed by atoms with Crippen LogP contribution in [-0.2, 0) is 11.2 Å². The second-order valence-corrected chi connectivity index (χ2v) is 8.16. The monoisotopic (exact) mass is 372 g/mol. The van der Waals surface area contributed by atoms with E-state index in [2.05, 4.69) is 21.6 Å². The van der Waals surface area contributed by atoms with Crippen molar-refractivity contribution in [2.45, 2.75) is 23.8 Å². The molecule has 0 fully saturated rings. The van der Waals surface area contributed by atoms with Gasteiger partial charge in [0, 0.05) is 31.1 Å². The standard InChI is InChI=1S/C18H20N4OS2/c1-13(17(23)21(2)3)25-18-20-19-16(12-15-10-7-11-24-15)22(18)14-8-5-4-6-9-14/h4-11,13H,12H2,1-3H3. The lowest BCUT2D eigenvalue weighted by molar-refractivity contribution is -0.127. The lowest BCUT2D eigenvalue weighted by Crippen LogP contribution is -2.29. The number of thiophene rings is 1. The average Bonchev–Trinajstić information content (AvgIpc) is 3.25. The van der Waals surface area contributed by atoms with Gasteiger partial charge in [0.05, 0.1) is 5.25 Å². The summed E-state index contributed by atoms with van der Waals surface area (Å²) in [6, 6.07) is 14.2. The summed E-state index contributed by atoms with van der Waals surface area (Å²) < 4.78 is 2.05. The first kappa shape index (κ1) is 17.7. The SMILES string of the molecule is CC(Sc1nnc(Cc2cccs2)n1-c1ccccc1)C(=O)N(C)C. The predicted molar refractivity (Wildman–Crippen MR) is 102 cm³/mol. The number of carbonyl (C=O) groups excluding carboxylic acids is 1. The minimum Gasteiger partial charge on any atom is -0.348 e. The Balaban J connectivity index is 1.95. The second kappa shape index (κ2) is 7.84. The van der Waals surface area contributed by atoms with E-state index in [0.717, 1.165) is 23.1 Å². The van der Waals surface area contributed by atoms with Crippen LogP contribution in [0.5, 0.6) is 0 Å². The maximum Gasteiger partial charge on any atom is 0.235 e. The zero-order valence-corrected chi connectivity index (χ0v) is 16.0. The van der Waals surface area contributed by atoms with Gasteiger partial charge in [0.1, 0.15) is 5.82 Å². The lowest BCUT2D eigenvalue weighted by atomic mass is 10.3. The van der Waals surface area contributed by atoms with E-state index < -0.39 is 0 Å². The molecule has 7 heteroatoms. The summed E-state index contributed by atoms with van der Waals surface area (Å²) in [5.74, 6) is 0.938. The number of hydrogen-bond donors (Lipinski definition) is 0. The summed E-state index contributed by atoms with van der Waals surface area (Å²) in [4.78, 5) is 15.0. The highest BCUT2D eigenvalue weighted by molar-refractivity contribution is 8.00. The first-order chi connectivity index (χ1) is 12.1. The molecule has 0 radical (unpaired) electrons. The largest absolute Gasteiger partial charge is 0.348 e. The maximum absolute atomic E-state index is 12.2. The first-order valence-corrected chi connectivity index (χ1v) is 9.72. The number of carbonyl (C=O) groups is 1. The van der Waals surface area contributed by atoms with Crippen molar-refractivity contribution >= 4 is 29.0 Å². The number of hydrogen-bond acceptors (Lipinski definition) is 5. The fourth-order valence-corrected chi connectivity index (χ4v) is 4.20. The molecule has 130 valence electrons. The summed E-state index contributed by atoms with van der Waals surface area (Å²) in [6.45, 7) is 1.90. The van der Waals surface area contributed by atoms with Crippen LogP contribution in [0.25, 0.3) is 5.69 Å². The molecule has 0 aliphatic heterocycles. The lowest BCUT2D eigenvalue weighted by Gasteiger charge is -2.16. The highest BCUT2D eigenvalue weighted by atomic mass is 32.2. The number of thioether (sulfide) groups is 1. The fourth-order valence-electron chi connectivity index (χ4n) is 2.47. The summed E-state index contributed by atoms with van der Waals surface area (Å²) in [7, 11) is 3.53. The van der Waals surface area contributed by atoms with E-state index >= 15 is 0 Å². The number of benzene rings is 1. The Kier molecular flexibility index (Phi) is 5.55. The normalized spacial score (nSPS) is 12.1. The molecule has 0 N–H and O–H groups in total. The highest BCUT2D eigenvalue weighted by Crippen LogP contribution is 2.27. The van der Waals surface area contributed by atoms with E-state index in [1.54, 1.807) is 30.3 Å². The van der Waals surface area contributed by atoms with Gasteiger partial charge < -0.3 is 4.90 Å². The molecule has 1 aromatic carbocycles. The Morgan fingerprint density at radius 1 is 1.20 bits per heavy atom. The van der Waals surface area contributed by atoms with Gasteiger partial charge in [-0.15, -0.1) is 21.5 Å². The van der Waals surface area contributed by atoms with E-state index in [1.165, 1.54) is 16.6 Å². The molecule has 5 nitrogen and oxygen atoms in total. The van der Waals surface area contributed by atoms with Gasteiger partial charge in [-0.2, -0.15) is 0 Å². The Morgan fingerprint density at radius 2 is 1.96 bits per heavy atom. The van der Waals surface area contributed by atoms with Crippen LogP contribution in [0.1, 0.15) is 17.6 Å². The van der Waals surface area contributed by atoms with Crippen molar-refractivity contribution in [2.75, 3.05) is 14.1 Å². The minimum absolute atomic E-state index is 0.0624. The van der Waals surface area contributed by atoms with Crippen LogP contribution >= 0.6 is 23.1 Å². The third-order valence-corrected chi connectivity index (χ3v) is 5.60. The molecule has 0 saturated heterocycles. The summed E-state index contributed by atoms with van der Waals surface area (Å²) in [5, 5.41) is 11.3. The Hall–Kier alpha value is -2.12. The third kappa shape index (κ3) is 4.11. The first-order valence-electron chi connectivity index (χ1n) is 7.96. The molecular weight excluding hydrogens is 352 g/mol. The summed E-state index contributed by atoms with van der Waals surface area (Å²) >= 11 is 3.14. The van der Waals surface area contributed by atoms with Crippen molar-refractivity contribution < 1.29 is 4.79 Å². The number of aromatic nitrogens is 3. The third-order valence-electron chi connectivity index (χ3n) is 3.70. The van der Waals surface area contributed by atoms with Gasteiger partial charge in [0.2, 0.25) is 5.91 Å². The van der Waals surface area contributed by atoms with Gasteiger partial charge in [-0.05, 0) is 30.5 Å². The number of amides is 1. The van der Waals surface area contributed by atoms with Crippen molar-refractivity contribution in [2.24, 2.45) is 0 Å². The molecule has 1 atom stereocenters. The van der Waals surface area contributed by atoms with Gasteiger partial charge in [-0.25, -0.2) is 0 Å². The quantitative estimate of drug-likeness (QED) is 0.622. The van der Waals surface area contributed by atoms with Crippen LogP contribution in [0.15, 0.2) is 53.0 Å². The molecule has 0 aliphatic carbocycles. The molecule has 0 spiro atoms. The van der Waals surface area contributed by atoms with Gasteiger partial charge in [0.25, 0.3) is 0 Å². The van der Waals surface area contributed by atoms with Crippen molar-refractivity contribution in [3.63, 3.8) is 0 Å². The maximum atomic E-state index is 12.2. The Labute approximate surface area is 155 Å². The summed E-state index contributed by atoms with van der Waals surface area (Å²) in [6.07, 6.45) is 0.718. The molecule has 3 aromatic rings. The van der Waals surface area contributed by atoms with Gasteiger partial charge in [0.15, 0.2) is 5.16 Å². The Bertz CT molecular complexity index is 828. The second-order valence-electron chi connectivity index (χ2n) is 5.82. The molecule has 1 unspecified atom stereocenters. The van der Waals surface area contributed by atoms with Crippen LogP contribution in [0.4, 0.5) is 0 Å². The predicted octanol–water partition coefficient (Wildman–Crippen LogP) is 3.49. The Morgan fingerprint density at radius 3 is 2.60 bits per heavy atom. The van der Waals surface area contributed by atoms with Crippen LogP contribution < -0.4 is 0 Å². The van der Waals surface area contributed by atoms with E-state index in [1.807, 2.05) is 47.9 Å². The molecule has 3 rings (SSSR count). The van der Waals surface area contributed by atoms with Gasteiger partial charge >= 0.3 is 0 Å². The van der Waals surface area contributed by atoms with Crippen LogP contribution in [0.3, 0.4) is 0 Å². The smallest absolute Gasteiger partial charge is 0.235 e. The molecule has 0 aliphatic rings. The molecule has 1 amide bonds. The van der Waals surface area contributed by atoms with Gasteiger partial charge in [-0.3, -0.25) is 9.36 Å². The van der Waals surface area contributed by atoms with Gasteiger partial charge in [-0.1, -0.05) is 36.0 Å². The number of rotatable bonds is 6. The average molecular weight is 373 g/mol. The van der Waals surface area contributed by atoms with Crippen molar-refractivity contribution in [3.05, 3.63) is 58.5 Å². The van der Waals surface area contributed by atoms with E-state index in [-0.39, 0.29) is 11.2 Å². The molecule has 0 bridgehead atoms. The van der Waals surface area contributed by atoms with E-state index in [0.29, 0.717) is 0 Å². The molecule has 25 heavy (non-hydrogen) atoms. The molecule has 0 saturated carbocycles. The van der Waals surface area contributed by atoms with Crippen LogP contribution in [0.2, 0.25) is 0 Å². The molecular formula is C18H20N4OS2. The topological polar surface area (TPSA) is 51.0 Å². The number of nitrogens with zero attached hydrogens (tertiary/aromatic N) is 4. The van der Waals surface area contributed by atoms with E-state index in [4.69, 9.17) is 0 Å². The minimum atomic E-state index is -0.226. The summed E-state index contributed by atoms with van der Waals surface area (Å²) in [5.41, 5.74) is 1.01. The zero-order valence-electron chi connectivity index (χ0n) is 14.4. The molecule has 2 heterocycles. The molecule has 2 aromatic heterocycles. The van der Waals surface area contributed by atoms with Crippen molar-refractivity contribution in [1.29, 1.82) is 0 Å². The van der Waals surface area contributed by atoms with Crippen molar-refractivity contribution in [1.82, 2.24) is 19.7 Å². The fraction of sp³-hybridized carbons (Fsp3) is 0.278. The highest BCUT2D eigenvalue weighted by Gasteiger charge is 2.22. The zero-order chi connectivity index (χ0) is 17.8. The van der Waals surface area contributed by atoms with Crippen molar-refractivity contribution in [3.8, 4) is 5.69 Å². The van der Waals surface area contributed by atoms with Crippen LogP contribution in [0, 0.1) is 0 Å². The van der Waals surface area contributed by atoms with E-state index in [9.17, 15) is 4.79 Å².